The Labute approximate surface area is 110 Å². The summed E-state index contributed by atoms with van der Waals surface area (Å²) in [5.74, 6) is -2.58. The highest BCUT2D eigenvalue weighted by atomic mass is 19.4. The number of oxime groups is 1. The third kappa shape index (κ3) is 4.54. The zero-order chi connectivity index (χ0) is 14.5. The maximum absolute atomic E-state index is 12.7. The number of nitrogens with two attached hydrogens (primary N) is 1. The van der Waals surface area contributed by atoms with Gasteiger partial charge in [0.15, 0.2) is 5.84 Å². The van der Waals surface area contributed by atoms with Crippen LogP contribution in [-0.4, -0.2) is 43.0 Å². The molecule has 0 amide bonds. The summed E-state index contributed by atoms with van der Waals surface area (Å²) in [5.41, 5.74) is 5.07. The Bertz CT molecular complexity index is 310. The van der Waals surface area contributed by atoms with Crippen LogP contribution in [0.15, 0.2) is 5.16 Å². The summed E-state index contributed by atoms with van der Waals surface area (Å²) in [7, 11) is 0. The minimum Gasteiger partial charge on any atom is -0.409 e. The van der Waals surface area contributed by atoms with E-state index >= 15 is 0 Å². The normalized spacial score (nSPS) is 26.6. The summed E-state index contributed by atoms with van der Waals surface area (Å²) < 4.78 is 43.5. The van der Waals surface area contributed by atoms with E-state index in [1.54, 1.807) is 0 Å². The zero-order valence-electron chi connectivity index (χ0n) is 10.8. The molecule has 0 aromatic heterocycles. The molecule has 1 aliphatic rings. The molecule has 0 aromatic carbocycles. The average Bonchev–Trinajstić information content (AvgIpc) is 2.79. The number of hydrogen-bond donors (Lipinski definition) is 3. The van der Waals surface area contributed by atoms with Crippen molar-refractivity contribution in [1.82, 2.24) is 5.32 Å². The second-order valence-electron chi connectivity index (χ2n) is 4.64. The van der Waals surface area contributed by atoms with E-state index in [1.165, 1.54) is 0 Å². The van der Waals surface area contributed by atoms with E-state index in [0.29, 0.717) is 13.2 Å². The highest BCUT2D eigenvalue weighted by molar-refractivity contribution is 5.83. The highest BCUT2D eigenvalue weighted by Crippen LogP contribution is 2.26. The van der Waals surface area contributed by atoms with Crippen molar-refractivity contribution < 1.29 is 23.1 Å². The summed E-state index contributed by atoms with van der Waals surface area (Å²) in [6.45, 7) is 2.67. The first-order valence-corrected chi connectivity index (χ1v) is 6.26. The van der Waals surface area contributed by atoms with Gasteiger partial charge in [-0.3, -0.25) is 0 Å². The van der Waals surface area contributed by atoms with Gasteiger partial charge in [-0.1, -0.05) is 12.1 Å². The molecule has 1 rings (SSSR count). The second-order valence-corrected chi connectivity index (χ2v) is 4.64. The molecule has 3 unspecified atom stereocenters. The molecule has 1 fully saturated rings. The number of ether oxygens (including phenoxy) is 1. The van der Waals surface area contributed by atoms with Crippen molar-refractivity contribution in [1.29, 1.82) is 0 Å². The lowest BCUT2D eigenvalue weighted by Crippen LogP contribution is -2.44. The van der Waals surface area contributed by atoms with Gasteiger partial charge in [-0.2, -0.15) is 13.2 Å². The maximum atomic E-state index is 12.7. The van der Waals surface area contributed by atoms with Gasteiger partial charge in [0, 0.05) is 19.7 Å². The highest BCUT2D eigenvalue weighted by Gasteiger charge is 2.42. The fourth-order valence-corrected chi connectivity index (χ4v) is 2.25. The number of alkyl halides is 3. The molecular formula is C11H20F3N3O2. The smallest absolute Gasteiger partial charge is 0.400 e. The van der Waals surface area contributed by atoms with Crippen LogP contribution in [0.2, 0.25) is 0 Å². The van der Waals surface area contributed by atoms with Gasteiger partial charge in [0.25, 0.3) is 0 Å². The standard InChI is InChI=1S/C11H20F3N3O2/c1-2-9-7(3-4-19-9)5-16-6-8(10(15)17-18)11(12,13)14/h7-9,16,18H,2-6H2,1H3,(H2,15,17). The van der Waals surface area contributed by atoms with E-state index in [4.69, 9.17) is 15.7 Å². The Morgan fingerprint density at radius 3 is 2.79 bits per heavy atom. The van der Waals surface area contributed by atoms with Crippen LogP contribution in [0.4, 0.5) is 13.2 Å². The molecule has 1 saturated heterocycles. The Hall–Kier alpha value is -1.02. The van der Waals surface area contributed by atoms with Crippen LogP contribution in [-0.2, 0) is 4.74 Å². The molecule has 1 heterocycles. The Kier molecular flexibility index (Phi) is 5.86. The van der Waals surface area contributed by atoms with E-state index in [1.807, 2.05) is 6.92 Å². The van der Waals surface area contributed by atoms with Crippen molar-refractivity contribution in [3.05, 3.63) is 0 Å². The predicted molar refractivity (Wildman–Crippen MR) is 64.0 cm³/mol. The Balaban J connectivity index is 2.45. The first kappa shape index (κ1) is 16.0. The van der Waals surface area contributed by atoms with E-state index in [9.17, 15) is 13.2 Å². The minimum absolute atomic E-state index is 0.0979. The fraction of sp³-hybridized carbons (Fsp3) is 0.909. The molecule has 19 heavy (non-hydrogen) atoms. The molecule has 8 heteroatoms. The molecule has 5 nitrogen and oxygen atoms in total. The van der Waals surface area contributed by atoms with Crippen molar-refractivity contribution >= 4 is 5.84 Å². The maximum Gasteiger partial charge on any atom is 0.400 e. The summed E-state index contributed by atoms with van der Waals surface area (Å²) >= 11 is 0. The molecule has 0 spiro atoms. The Morgan fingerprint density at radius 1 is 1.58 bits per heavy atom. The zero-order valence-corrected chi connectivity index (χ0v) is 10.8. The summed E-state index contributed by atoms with van der Waals surface area (Å²) in [6, 6.07) is 0. The average molecular weight is 283 g/mol. The van der Waals surface area contributed by atoms with Crippen molar-refractivity contribution in [3.8, 4) is 0 Å². The number of nitrogens with one attached hydrogen (secondary N) is 1. The van der Waals surface area contributed by atoms with E-state index in [2.05, 4.69) is 10.5 Å². The van der Waals surface area contributed by atoms with Crippen molar-refractivity contribution in [2.75, 3.05) is 19.7 Å². The molecule has 0 aromatic rings. The molecule has 0 saturated carbocycles. The van der Waals surface area contributed by atoms with Gasteiger partial charge >= 0.3 is 6.18 Å². The van der Waals surface area contributed by atoms with Crippen molar-refractivity contribution in [2.45, 2.75) is 32.0 Å². The van der Waals surface area contributed by atoms with Gasteiger partial charge in [-0.25, -0.2) is 0 Å². The SMILES string of the molecule is CCC1OCCC1CNCC(C(N)=NO)C(F)(F)F. The van der Waals surface area contributed by atoms with E-state index in [0.717, 1.165) is 12.8 Å². The van der Waals surface area contributed by atoms with Gasteiger partial charge < -0.3 is 21.0 Å². The molecule has 0 aliphatic carbocycles. The molecule has 3 atom stereocenters. The largest absolute Gasteiger partial charge is 0.409 e. The number of amidine groups is 1. The molecule has 0 radical (unpaired) electrons. The molecule has 112 valence electrons. The fourth-order valence-electron chi connectivity index (χ4n) is 2.25. The first-order valence-electron chi connectivity index (χ1n) is 6.26. The number of halogens is 3. The van der Waals surface area contributed by atoms with Gasteiger partial charge in [0.1, 0.15) is 5.92 Å². The number of hydrogen-bond acceptors (Lipinski definition) is 4. The van der Waals surface area contributed by atoms with Crippen LogP contribution in [0.25, 0.3) is 0 Å². The van der Waals surface area contributed by atoms with E-state index in [-0.39, 0.29) is 12.0 Å². The quantitative estimate of drug-likeness (QED) is 0.297. The van der Waals surface area contributed by atoms with Gasteiger partial charge in [-0.15, -0.1) is 0 Å². The Morgan fingerprint density at radius 2 is 2.26 bits per heavy atom. The number of rotatable bonds is 6. The van der Waals surface area contributed by atoms with Crippen LogP contribution < -0.4 is 11.1 Å². The summed E-state index contributed by atoms with van der Waals surface area (Å²) in [4.78, 5) is 0. The molecule has 1 aliphatic heterocycles. The van der Waals surface area contributed by atoms with E-state index < -0.39 is 24.5 Å². The third-order valence-corrected chi connectivity index (χ3v) is 3.37. The number of nitrogens with zero attached hydrogens (tertiary/aromatic N) is 1. The topological polar surface area (TPSA) is 79.9 Å². The molecule has 4 N–H and O–H groups in total. The van der Waals surface area contributed by atoms with Crippen LogP contribution >= 0.6 is 0 Å². The van der Waals surface area contributed by atoms with Crippen LogP contribution in [0, 0.1) is 11.8 Å². The van der Waals surface area contributed by atoms with Crippen LogP contribution in [0.1, 0.15) is 19.8 Å². The lowest BCUT2D eigenvalue weighted by Gasteiger charge is -2.22. The summed E-state index contributed by atoms with van der Waals surface area (Å²) in [5, 5.41) is 13.6. The van der Waals surface area contributed by atoms with Gasteiger partial charge in [0.05, 0.1) is 6.10 Å². The first-order chi connectivity index (χ1) is 8.90. The monoisotopic (exact) mass is 283 g/mol. The van der Waals surface area contributed by atoms with Gasteiger partial charge in [-0.05, 0) is 18.8 Å². The lowest BCUT2D eigenvalue weighted by atomic mass is 9.99. The van der Waals surface area contributed by atoms with Crippen molar-refractivity contribution in [3.63, 3.8) is 0 Å². The molecule has 0 bridgehead atoms. The van der Waals surface area contributed by atoms with Crippen LogP contribution in [0.3, 0.4) is 0 Å². The molecular weight excluding hydrogens is 263 g/mol. The van der Waals surface area contributed by atoms with Crippen molar-refractivity contribution in [2.24, 2.45) is 22.7 Å². The third-order valence-electron chi connectivity index (χ3n) is 3.37. The lowest BCUT2D eigenvalue weighted by molar-refractivity contribution is -0.155. The second kappa shape index (κ2) is 6.95. The van der Waals surface area contributed by atoms with Gasteiger partial charge in [0.2, 0.25) is 0 Å². The minimum atomic E-state index is -4.53. The van der Waals surface area contributed by atoms with Crippen LogP contribution in [0.5, 0.6) is 0 Å². The predicted octanol–water partition coefficient (Wildman–Crippen LogP) is 1.32. The summed E-state index contributed by atoms with van der Waals surface area (Å²) in [6.07, 6.45) is -2.75.